The monoisotopic (exact) mass is 503 g/mol. The van der Waals surface area contributed by atoms with E-state index in [1.807, 2.05) is 0 Å². The Balaban J connectivity index is 0. The van der Waals surface area contributed by atoms with Gasteiger partial charge in [0.1, 0.15) is 0 Å². The minimum Gasteiger partial charge on any atom is -1.00 e. The minimum atomic E-state index is 0. The quantitative estimate of drug-likeness (QED) is 0.378. The summed E-state index contributed by atoms with van der Waals surface area (Å²) in [6.45, 7) is 0. The molecule has 0 aromatic rings. The molecule has 0 fully saturated rings. The van der Waals surface area contributed by atoms with Crippen LogP contribution in [0.1, 0.15) is 2.85 Å². The second-order valence-corrected chi connectivity index (χ2v) is 0. The summed E-state index contributed by atoms with van der Waals surface area (Å²) in [5.41, 5.74) is 0. The third kappa shape index (κ3) is 17.9. The van der Waals surface area contributed by atoms with Crippen LogP contribution in [0.15, 0.2) is 0 Å². The Morgan fingerprint density at radius 3 is 1.20 bits per heavy atom. The average molecular weight is 501 g/mol. The van der Waals surface area contributed by atoms with Crippen molar-refractivity contribution in [2.24, 2.45) is 0 Å². The fourth-order valence-electron chi connectivity index (χ4n) is 0. The molecule has 0 aliphatic carbocycles. The van der Waals surface area contributed by atoms with Crippen LogP contribution >= 0.6 is 0 Å². The zero-order valence-electron chi connectivity index (χ0n) is 4.77. The first-order valence-electron chi connectivity index (χ1n) is 0. The molecule has 0 unspecified atom stereocenters. The van der Waals surface area contributed by atoms with Crippen molar-refractivity contribution in [3.05, 3.63) is 0 Å². The van der Waals surface area contributed by atoms with E-state index in [0.717, 1.165) is 0 Å². The van der Waals surface area contributed by atoms with Crippen molar-refractivity contribution in [2.45, 2.75) is 0 Å². The number of rotatable bonds is 0. The van der Waals surface area contributed by atoms with Crippen LogP contribution in [0, 0.1) is 0 Å². The van der Waals surface area contributed by atoms with Crippen LogP contribution in [0.3, 0.4) is 0 Å². The molecule has 0 heterocycles. The van der Waals surface area contributed by atoms with Crippen LogP contribution in [0.5, 0.6) is 0 Å². The third-order valence-corrected chi connectivity index (χ3v) is 0. The van der Waals surface area contributed by atoms with Crippen molar-refractivity contribution in [3.8, 4) is 0 Å². The number of hydrogen-bond acceptors (Lipinski definition) is 0. The van der Waals surface area contributed by atoms with Crippen molar-refractivity contribution in [3.63, 3.8) is 0 Å². The molecule has 5 heteroatoms. The van der Waals surface area contributed by atoms with Gasteiger partial charge in [0.05, 0.1) is 0 Å². The van der Waals surface area contributed by atoms with E-state index in [1.165, 1.54) is 0 Å². The van der Waals surface area contributed by atoms with E-state index in [0.29, 0.717) is 0 Å². The van der Waals surface area contributed by atoms with Gasteiger partial charge in [0.25, 0.3) is 0 Å². The van der Waals surface area contributed by atoms with Gasteiger partial charge >= 0.3 is 48.9 Å². The maximum atomic E-state index is 0. The van der Waals surface area contributed by atoms with Gasteiger partial charge in [-0.05, 0) is 0 Å². The molecule has 0 bridgehead atoms. The van der Waals surface area contributed by atoms with Crippen molar-refractivity contribution < 1.29 is 47.3 Å². The molecule has 23 valence electrons. The number of hydrogen-bond donors (Lipinski definition) is 0. The molecule has 0 amide bonds. The summed E-state index contributed by atoms with van der Waals surface area (Å²) in [6, 6.07) is 0. The Bertz CT molecular complexity index is 17.7. The van der Waals surface area contributed by atoms with Gasteiger partial charge in [-0.2, -0.15) is 0 Å². The Morgan fingerprint density at radius 1 is 1.20 bits per heavy atom. The summed E-state index contributed by atoms with van der Waals surface area (Å²) in [6.07, 6.45) is 0. The fraction of sp³-hybridized carbons (Fsp3) is 0. The summed E-state index contributed by atoms with van der Waals surface area (Å²) in [7, 11) is 0. The van der Waals surface area contributed by atoms with E-state index in [2.05, 4.69) is 0 Å². The molecule has 0 spiro atoms. The van der Waals surface area contributed by atoms with E-state index in [1.54, 1.807) is 0 Å². The minimum absolute atomic E-state index is 0. The maximum Gasteiger partial charge on any atom is 2.00 e. The molecule has 5 heavy (non-hydrogen) atoms. The van der Waals surface area contributed by atoms with Gasteiger partial charge in [-0.15, -0.1) is 0 Å². The van der Waals surface area contributed by atoms with Gasteiger partial charge in [0.15, 0.2) is 0 Å². The molecule has 0 atom stereocenters. The van der Waals surface area contributed by atoms with Gasteiger partial charge in [0, 0.05) is 79.8 Å². The zero-order chi connectivity index (χ0) is 0. The second-order valence-electron chi connectivity index (χ2n) is 0. The summed E-state index contributed by atoms with van der Waals surface area (Å²) in [5, 5.41) is 0. The van der Waals surface area contributed by atoms with E-state index in [4.69, 9.17) is 0 Å². The molecule has 0 rings (SSSR count). The summed E-state index contributed by atoms with van der Waals surface area (Å²) < 4.78 is 0. The molecule has 0 N–H and O–H groups in total. The smallest absolute Gasteiger partial charge is 1.00 e. The molecule has 7 radical (unpaired) electrons. The first-order valence-corrected chi connectivity index (χ1v) is 0. The van der Waals surface area contributed by atoms with Crippen molar-refractivity contribution in [1.29, 1.82) is 0 Å². The molecular formula is H2AlAsBaCoHg. The molecule has 0 aliphatic heterocycles. The SMILES string of the molecule is [Al].[As].[Ba+2].[Co].[H-].[H-].[Hg]. The van der Waals surface area contributed by atoms with Gasteiger partial charge in [0.2, 0.25) is 0 Å². The molecule has 0 aromatic heterocycles. The fourth-order valence-corrected chi connectivity index (χ4v) is 0. The van der Waals surface area contributed by atoms with Crippen LogP contribution in [-0.4, -0.2) is 84.2 Å². The zero-order valence-corrected chi connectivity index (χ0v) is 16.8. The third-order valence-electron chi connectivity index (χ3n) is 0. The second kappa shape index (κ2) is 24.3. The van der Waals surface area contributed by atoms with Gasteiger partial charge in [-0.25, -0.2) is 0 Å². The molecule has 0 aliphatic rings. The summed E-state index contributed by atoms with van der Waals surface area (Å²) >= 11 is 0. The maximum absolute atomic E-state index is 0. The first-order chi connectivity index (χ1) is 0. The largest absolute Gasteiger partial charge is 2.00 e. The summed E-state index contributed by atoms with van der Waals surface area (Å²) in [4.78, 5) is 0. The van der Waals surface area contributed by atoms with Crippen molar-refractivity contribution >= 4 is 84.2 Å². The Hall–Kier alpha value is 4.10. The molecule has 0 saturated carbocycles. The van der Waals surface area contributed by atoms with Crippen LogP contribution in [-0.2, 0) is 44.4 Å². The molecular weight excluding hydrogens is 499 g/mol. The van der Waals surface area contributed by atoms with E-state index >= 15 is 0 Å². The van der Waals surface area contributed by atoms with Crippen LogP contribution in [0.25, 0.3) is 0 Å². The van der Waals surface area contributed by atoms with Crippen molar-refractivity contribution in [1.82, 2.24) is 0 Å². The van der Waals surface area contributed by atoms with Crippen LogP contribution in [0.4, 0.5) is 0 Å². The van der Waals surface area contributed by atoms with Crippen LogP contribution < -0.4 is 0 Å². The normalized spacial score (nSPS) is 0. The van der Waals surface area contributed by atoms with E-state index < -0.39 is 0 Å². The predicted octanol–water partition coefficient (Wildman–Crippen LogP) is -0.922. The van der Waals surface area contributed by atoms with Gasteiger partial charge in [-0.1, -0.05) is 0 Å². The summed E-state index contributed by atoms with van der Waals surface area (Å²) in [5.74, 6) is 0. The Labute approximate surface area is 128 Å². The van der Waals surface area contributed by atoms with Gasteiger partial charge < -0.3 is 2.85 Å². The molecule has 0 aromatic carbocycles. The van der Waals surface area contributed by atoms with E-state index in [9.17, 15) is 0 Å². The Morgan fingerprint density at radius 2 is 1.20 bits per heavy atom. The Kier molecular flexibility index (Phi) is 172. The standard InChI is InChI=1S/Al.As.Ba.Co.Hg.2H/q;;+2;;;2*-1. The van der Waals surface area contributed by atoms with Gasteiger partial charge in [-0.3, -0.25) is 0 Å². The first kappa shape index (κ1) is 35.5. The van der Waals surface area contributed by atoms with E-state index in [-0.39, 0.29) is 131 Å². The average Bonchev–Trinajstić information content (AvgIpc) is 0. The molecule has 0 nitrogen and oxygen atoms in total. The molecule has 0 saturated heterocycles. The topological polar surface area (TPSA) is 0 Å². The van der Waals surface area contributed by atoms with Crippen LogP contribution in [0.2, 0.25) is 0 Å². The predicted molar refractivity (Wildman–Crippen MR) is 19.5 cm³/mol. The van der Waals surface area contributed by atoms with Crippen molar-refractivity contribution in [2.75, 3.05) is 0 Å².